The monoisotopic (exact) mass is 466 g/mol. The van der Waals surface area contributed by atoms with E-state index in [-0.39, 0.29) is 6.42 Å². The predicted octanol–water partition coefficient (Wildman–Crippen LogP) is 4.90. The molecule has 2 atom stereocenters. The second-order valence-corrected chi connectivity index (χ2v) is 6.15. The van der Waals surface area contributed by atoms with Gasteiger partial charge in [-0.25, -0.2) is 17.6 Å². The Morgan fingerprint density at radius 2 is 1.32 bits per heavy atom. The molecule has 0 heterocycles. The first-order valence-electron chi connectivity index (χ1n) is 8.22. The van der Waals surface area contributed by atoms with Crippen LogP contribution in [-0.4, -0.2) is 35.8 Å². The Balaban J connectivity index is 3.68. The van der Waals surface area contributed by atoms with Crippen molar-refractivity contribution in [3.8, 4) is 12.1 Å². The van der Waals surface area contributed by atoms with E-state index in [1.54, 1.807) is 0 Å². The fraction of sp³-hybridized carbons (Fsp3) is 0.529. The lowest BCUT2D eigenvalue weighted by Gasteiger charge is -2.35. The Morgan fingerprint density at radius 1 is 0.871 bits per heavy atom. The summed E-state index contributed by atoms with van der Waals surface area (Å²) in [6, 6.07) is 2.00. The van der Waals surface area contributed by atoms with Gasteiger partial charge >= 0.3 is 18.0 Å². The van der Waals surface area contributed by atoms with E-state index in [0.29, 0.717) is 0 Å². The van der Waals surface area contributed by atoms with Crippen molar-refractivity contribution >= 4 is 0 Å². The Bertz CT molecular complexity index is 885. The maximum atomic E-state index is 14.6. The largest absolute Gasteiger partial charge is 0.434 e. The molecule has 1 aromatic carbocycles. The van der Waals surface area contributed by atoms with Crippen LogP contribution in [0.25, 0.3) is 0 Å². The van der Waals surface area contributed by atoms with Gasteiger partial charge in [0.1, 0.15) is 29.4 Å². The molecule has 0 amide bonds. The zero-order valence-corrected chi connectivity index (χ0v) is 15.3. The number of nitriles is 2. The van der Waals surface area contributed by atoms with E-state index in [9.17, 15) is 49.0 Å². The van der Waals surface area contributed by atoms with Gasteiger partial charge in [0.2, 0.25) is 0 Å². The van der Waals surface area contributed by atoms with Gasteiger partial charge in [0.05, 0.1) is 11.7 Å². The summed E-state index contributed by atoms with van der Waals surface area (Å²) in [5.74, 6) is -6.41. The highest BCUT2D eigenvalue weighted by Crippen LogP contribution is 2.50. The molecule has 0 fully saturated rings. The van der Waals surface area contributed by atoms with E-state index in [4.69, 9.17) is 15.3 Å². The fourth-order valence-corrected chi connectivity index (χ4v) is 2.60. The highest BCUT2D eigenvalue weighted by atomic mass is 19.4. The minimum absolute atomic E-state index is 0.0149. The Hall–Kier alpha value is -2.58. The Labute approximate surface area is 168 Å². The van der Waals surface area contributed by atoms with Gasteiger partial charge < -0.3 is 9.84 Å². The minimum Gasteiger partial charge on any atom is -0.389 e. The predicted molar refractivity (Wildman–Crippen MR) is 81.3 cm³/mol. The average Bonchev–Trinajstić information content (AvgIpc) is 2.65. The van der Waals surface area contributed by atoms with Crippen LogP contribution in [0.3, 0.4) is 0 Å². The number of nitrogens with zero attached hydrogens (tertiary/aromatic N) is 2. The molecule has 0 aromatic heterocycles. The molecule has 0 aliphatic carbocycles. The first kappa shape index (κ1) is 26.5. The molecule has 2 unspecified atom stereocenters. The van der Waals surface area contributed by atoms with E-state index in [2.05, 4.69) is 0 Å². The van der Waals surface area contributed by atoms with Crippen LogP contribution in [0.4, 0.5) is 43.9 Å². The van der Waals surface area contributed by atoms with Gasteiger partial charge in [-0.05, 0) is 6.42 Å². The van der Waals surface area contributed by atoms with Crippen LogP contribution in [0.5, 0.6) is 0 Å². The summed E-state index contributed by atoms with van der Waals surface area (Å²) in [6.07, 6.45) is -22.0. The lowest BCUT2D eigenvalue weighted by molar-refractivity contribution is -0.366. The van der Waals surface area contributed by atoms with Crippen LogP contribution in [0, 0.1) is 40.1 Å². The lowest BCUT2D eigenvalue weighted by Crippen LogP contribution is -2.61. The molecule has 1 aromatic rings. The normalized spacial score (nSPS) is 14.6. The number of aliphatic hydroxyl groups is 1. The molecule has 0 aliphatic heterocycles. The zero-order valence-electron chi connectivity index (χ0n) is 15.3. The number of hydrogen-bond acceptors (Lipinski definition) is 4. The molecular weight excluding hydrogens is 454 g/mol. The molecule has 0 spiro atoms. The number of rotatable bonds is 7. The van der Waals surface area contributed by atoms with Gasteiger partial charge in [0.25, 0.3) is 0 Å². The molecule has 0 aliphatic rings. The molecule has 1 N–H and O–H groups in total. The van der Waals surface area contributed by atoms with Crippen LogP contribution in [-0.2, 0) is 4.74 Å². The van der Waals surface area contributed by atoms with Crippen molar-refractivity contribution in [2.45, 2.75) is 50.0 Å². The molecule has 4 nitrogen and oxygen atoms in total. The summed E-state index contributed by atoms with van der Waals surface area (Å²) in [5, 5.41) is 27.1. The second-order valence-electron chi connectivity index (χ2n) is 6.15. The summed E-state index contributed by atoms with van der Waals surface area (Å²) in [7, 11) is 0. The maximum Gasteiger partial charge on any atom is 0.434 e. The second kappa shape index (κ2) is 9.28. The molecule has 0 bridgehead atoms. The van der Waals surface area contributed by atoms with Crippen molar-refractivity contribution in [2.24, 2.45) is 0 Å². The molecule has 172 valence electrons. The zero-order chi connectivity index (χ0) is 24.4. The Morgan fingerprint density at radius 3 is 1.71 bits per heavy atom. The van der Waals surface area contributed by atoms with Crippen molar-refractivity contribution in [1.82, 2.24) is 0 Å². The van der Waals surface area contributed by atoms with Crippen LogP contribution >= 0.6 is 0 Å². The quantitative estimate of drug-likeness (QED) is 0.458. The van der Waals surface area contributed by atoms with E-state index in [1.807, 2.05) is 0 Å². The summed E-state index contributed by atoms with van der Waals surface area (Å²) in [5.41, 5.74) is -10.7. The van der Waals surface area contributed by atoms with E-state index in [1.165, 1.54) is 6.92 Å². The van der Waals surface area contributed by atoms with E-state index < -0.39 is 77.4 Å². The fourth-order valence-electron chi connectivity index (χ4n) is 2.60. The minimum atomic E-state index is -6.69. The number of hydrogen-bond donors (Lipinski definition) is 1. The third-order valence-electron chi connectivity index (χ3n) is 4.14. The van der Waals surface area contributed by atoms with Crippen molar-refractivity contribution in [2.75, 3.05) is 6.61 Å². The smallest absolute Gasteiger partial charge is 0.389 e. The van der Waals surface area contributed by atoms with Gasteiger partial charge in [-0.15, -0.1) is 0 Å². The van der Waals surface area contributed by atoms with Crippen molar-refractivity contribution < 1.29 is 53.7 Å². The van der Waals surface area contributed by atoms with Gasteiger partial charge in [-0.3, -0.25) is 0 Å². The molecule has 0 radical (unpaired) electrons. The first-order chi connectivity index (χ1) is 14.1. The molecule has 14 heteroatoms. The third-order valence-corrected chi connectivity index (χ3v) is 4.14. The number of ether oxygens (including phenoxy) is 1. The van der Waals surface area contributed by atoms with Crippen LogP contribution in [0.15, 0.2) is 0 Å². The number of benzene rings is 1. The van der Waals surface area contributed by atoms with Gasteiger partial charge in [-0.2, -0.15) is 36.9 Å². The number of alkyl halides is 7. The van der Waals surface area contributed by atoms with Gasteiger partial charge in [-0.1, -0.05) is 6.92 Å². The molecule has 31 heavy (non-hydrogen) atoms. The molecule has 0 saturated heterocycles. The highest BCUT2D eigenvalue weighted by molar-refractivity contribution is 5.50. The van der Waals surface area contributed by atoms with Crippen molar-refractivity contribution in [1.29, 1.82) is 10.5 Å². The summed E-state index contributed by atoms with van der Waals surface area (Å²) in [6.45, 7) is 0.794. The third kappa shape index (κ3) is 4.70. The maximum absolute atomic E-state index is 14.6. The topological polar surface area (TPSA) is 77.0 Å². The van der Waals surface area contributed by atoms with Crippen molar-refractivity contribution in [3.05, 3.63) is 34.1 Å². The molecular formula is C17H12F10N2O2. The lowest BCUT2D eigenvalue weighted by atomic mass is 9.89. The van der Waals surface area contributed by atoms with Crippen LogP contribution < -0.4 is 0 Å². The summed E-state index contributed by atoms with van der Waals surface area (Å²) < 4.78 is 139. The van der Waals surface area contributed by atoms with Crippen molar-refractivity contribution in [3.63, 3.8) is 0 Å². The SMILES string of the molecule is CCCOC(CC(O)C(F)(C(F)(F)F)C(F)(F)F)c1c(F)c(F)c(C#N)c(C#N)c1F. The van der Waals surface area contributed by atoms with E-state index in [0.717, 1.165) is 12.1 Å². The summed E-state index contributed by atoms with van der Waals surface area (Å²) >= 11 is 0. The highest BCUT2D eigenvalue weighted by Gasteiger charge is 2.76. The van der Waals surface area contributed by atoms with Crippen LogP contribution in [0.1, 0.15) is 42.6 Å². The van der Waals surface area contributed by atoms with E-state index >= 15 is 0 Å². The van der Waals surface area contributed by atoms with Crippen LogP contribution in [0.2, 0.25) is 0 Å². The molecule has 1 rings (SSSR count). The number of aliphatic hydroxyl groups excluding tert-OH is 1. The standard InChI is InChI=1S/C17H12F10N2O2/c1-2-3-31-9(4-10(30)15(21,16(22,23)24)17(25,26)27)11-12(18)7(5-28)8(6-29)13(19)14(11)20/h9-10,30H,2-4H2,1H3. The first-order valence-corrected chi connectivity index (χ1v) is 8.22. The Kier molecular flexibility index (Phi) is 7.92. The van der Waals surface area contributed by atoms with Gasteiger partial charge in [0, 0.05) is 13.0 Å². The molecule has 0 saturated carbocycles. The average molecular weight is 466 g/mol. The summed E-state index contributed by atoms with van der Waals surface area (Å²) in [4.78, 5) is 0. The van der Waals surface area contributed by atoms with Gasteiger partial charge in [0.15, 0.2) is 17.5 Å². The number of halogens is 10.